The summed E-state index contributed by atoms with van der Waals surface area (Å²) in [4.78, 5) is 38.3. The number of nitrogens with one attached hydrogen (secondary N) is 1. The van der Waals surface area contributed by atoms with Crippen LogP contribution in [-0.2, 0) is 6.54 Å². The Hall–Kier alpha value is -3.93. The van der Waals surface area contributed by atoms with Crippen LogP contribution in [0.3, 0.4) is 0 Å². The number of carbonyl (C=O) groups is 3. The highest BCUT2D eigenvalue weighted by molar-refractivity contribution is 6.21. The molecule has 4 rings (SSSR count). The highest BCUT2D eigenvalue weighted by Gasteiger charge is 2.33. The van der Waals surface area contributed by atoms with E-state index in [0.717, 1.165) is 16.2 Å². The second-order valence-corrected chi connectivity index (χ2v) is 6.78. The van der Waals surface area contributed by atoms with Crippen molar-refractivity contribution in [3.63, 3.8) is 0 Å². The Morgan fingerprint density at radius 2 is 1.48 bits per heavy atom. The highest BCUT2D eigenvalue weighted by atomic mass is 16.2. The fraction of sp³-hybridized carbons (Fsp3) is 0.0870. The minimum Gasteiger partial charge on any atom is -0.281 e. The molecule has 6 nitrogen and oxygen atoms in total. The number of anilines is 1. The lowest BCUT2D eigenvalue weighted by atomic mass is 10.1. The quantitative estimate of drug-likeness (QED) is 0.541. The minimum atomic E-state index is -0.399. The molecule has 0 fully saturated rings. The van der Waals surface area contributed by atoms with Gasteiger partial charge in [-0.25, -0.2) is 0 Å². The van der Waals surface area contributed by atoms with E-state index in [4.69, 9.17) is 0 Å². The van der Waals surface area contributed by atoms with Gasteiger partial charge in [-0.05, 0) is 35.9 Å². The van der Waals surface area contributed by atoms with E-state index in [2.05, 4.69) is 5.43 Å². The van der Waals surface area contributed by atoms with E-state index in [1.807, 2.05) is 60.7 Å². The summed E-state index contributed by atoms with van der Waals surface area (Å²) in [7, 11) is 1.43. The van der Waals surface area contributed by atoms with Crippen LogP contribution in [0.15, 0.2) is 78.9 Å². The van der Waals surface area contributed by atoms with Gasteiger partial charge in [0.1, 0.15) is 0 Å². The topological polar surface area (TPSA) is 69.7 Å². The molecule has 0 spiro atoms. The number of benzene rings is 3. The Kier molecular flexibility index (Phi) is 4.83. The van der Waals surface area contributed by atoms with E-state index in [1.165, 1.54) is 19.2 Å². The number of hydrogen-bond acceptors (Lipinski definition) is 4. The van der Waals surface area contributed by atoms with Gasteiger partial charge in [-0.3, -0.25) is 29.7 Å². The van der Waals surface area contributed by atoms with Gasteiger partial charge in [-0.1, -0.05) is 48.5 Å². The molecule has 0 radical (unpaired) electrons. The molecular weight excluding hydrogens is 366 g/mol. The van der Waals surface area contributed by atoms with Gasteiger partial charge >= 0.3 is 0 Å². The van der Waals surface area contributed by atoms with Crippen LogP contribution < -0.4 is 10.4 Å². The van der Waals surface area contributed by atoms with E-state index in [1.54, 1.807) is 11.1 Å². The maximum absolute atomic E-state index is 12.9. The number of imide groups is 1. The third-order valence-corrected chi connectivity index (χ3v) is 4.84. The number of para-hydroxylation sites is 1. The molecule has 1 heterocycles. The fourth-order valence-corrected chi connectivity index (χ4v) is 3.26. The molecule has 0 saturated carbocycles. The lowest BCUT2D eigenvalue weighted by Gasteiger charge is -2.25. The summed E-state index contributed by atoms with van der Waals surface area (Å²) in [6.07, 6.45) is 0. The molecule has 6 heteroatoms. The standard InChI is InChI=1S/C23H19N3O3/c1-25-22(28)19-13-12-17(14-20(19)23(25)29)21(27)24-26(18-10-6-3-7-11-18)15-16-8-4-2-5-9-16/h2-14H,15H2,1H3,(H,24,27). The molecular formula is C23H19N3O3. The first-order valence-corrected chi connectivity index (χ1v) is 9.18. The Morgan fingerprint density at radius 3 is 2.17 bits per heavy atom. The van der Waals surface area contributed by atoms with Crippen molar-refractivity contribution in [3.8, 4) is 0 Å². The molecule has 3 aromatic carbocycles. The van der Waals surface area contributed by atoms with Gasteiger partial charge in [0, 0.05) is 12.6 Å². The zero-order valence-electron chi connectivity index (χ0n) is 15.8. The molecule has 29 heavy (non-hydrogen) atoms. The highest BCUT2D eigenvalue weighted by Crippen LogP contribution is 2.23. The summed E-state index contributed by atoms with van der Waals surface area (Å²) in [5, 5.41) is 1.75. The normalized spacial score (nSPS) is 12.7. The van der Waals surface area contributed by atoms with Crippen molar-refractivity contribution in [1.29, 1.82) is 0 Å². The number of carbonyl (C=O) groups excluding carboxylic acids is 3. The number of fused-ring (bicyclic) bond motifs is 1. The summed E-state index contributed by atoms with van der Waals surface area (Å²) in [6.45, 7) is 0.474. The number of nitrogens with zero attached hydrogens (tertiary/aromatic N) is 2. The van der Waals surface area contributed by atoms with Crippen molar-refractivity contribution in [3.05, 3.63) is 101 Å². The average molecular weight is 385 g/mol. The molecule has 0 atom stereocenters. The molecule has 3 amide bonds. The number of hydrogen-bond donors (Lipinski definition) is 1. The molecule has 1 aliphatic rings. The van der Waals surface area contributed by atoms with Crippen LogP contribution in [0.2, 0.25) is 0 Å². The molecule has 0 aromatic heterocycles. The molecule has 0 saturated heterocycles. The zero-order valence-corrected chi connectivity index (χ0v) is 15.8. The van der Waals surface area contributed by atoms with E-state index < -0.39 is 5.91 Å². The van der Waals surface area contributed by atoms with E-state index >= 15 is 0 Å². The maximum Gasteiger partial charge on any atom is 0.269 e. The average Bonchev–Trinajstić information content (AvgIpc) is 2.98. The van der Waals surface area contributed by atoms with Crippen LogP contribution in [0.25, 0.3) is 0 Å². The Morgan fingerprint density at radius 1 is 0.862 bits per heavy atom. The predicted molar refractivity (Wildman–Crippen MR) is 109 cm³/mol. The Balaban J connectivity index is 1.60. The molecule has 1 N–H and O–H groups in total. The molecule has 0 unspecified atom stereocenters. The van der Waals surface area contributed by atoms with Crippen LogP contribution in [0.1, 0.15) is 36.6 Å². The first kappa shape index (κ1) is 18.4. The van der Waals surface area contributed by atoms with Gasteiger partial charge in [0.25, 0.3) is 17.7 Å². The number of rotatable bonds is 5. The summed E-state index contributed by atoms with van der Waals surface area (Å²) in [6, 6.07) is 23.9. The van der Waals surface area contributed by atoms with Crippen LogP contribution in [0.4, 0.5) is 5.69 Å². The van der Waals surface area contributed by atoms with E-state index in [9.17, 15) is 14.4 Å². The monoisotopic (exact) mass is 385 g/mol. The molecule has 0 bridgehead atoms. The van der Waals surface area contributed by atoms with Crippen molar-refractivity contribution in [1.82, 2.24) is 10.3 Å². The third-order valence-electron chi connectivity index (χ3n) is 4.84. The van der Waals surface area contributed by atoms with Crippen LogP contribution in [-0.4, -0.2) is 29.7 Å². The van der Waals surface area contributed by atoms with Gasteiger partial charge in [0.2, 0.25) is 0 Å². The number of hydrazine groups is 1. The third kappa shape index (κ3) is 3.60. The summed E-state index contributed by atoms with van der Waals surface area (Å²) in [5.41, 5.74) is 5.66. The first-order valence-electron chi connectivity index (χ1n) is 9.18. The number of amides is 3. The zero-order chi connectivity index (χ0) is 20.4. The Labute approximate surface area is 168 Å². The first-order chi connectivity index (χ1) is 14.0. The van der Waals surface area contributed by atoms with Crippen molar-refractivity contribution in [2.24, 2.45) is 0 Å². The molecule has 1 aliphatic heterocycles. The van der Waals surface area contributed by atoms with Crippen LogP contribution in [0.5, 0.6) is 0 Å². The largest absolute Gasteiger partial charge is 0.281 e. The minimum absolute atomic E-state index is 0.250. The fourth-order valence-electron chi connectivity index (χ4n) is 3.26. The van der Waals surface area contributed by atoms with Gasteiger partial charge < -0.3 is 0 Å². The second-order valence-electron chi connectivity index (χ2n) is 6.78. The van der Waals surface area contributed by atoms with E-state index in [0.29, 0.717) is 17.7 Å². The van der Waals surface area contributed by atoms with Crippen LogP contribution in [0, 0.1) is 0 Å². The molecule has 0 aliphatic carbocycles. The maximum atomic E-state index is 12.9. The van der Waals surface area contributed by atoms with Crippen LogP contribution >= 0.6 is 0 Å². The summed E-state index contributed by atoms with van der Waals surface area (Å²) in [5.74, 6) is -1.11. The summed E-state index contributed by atoms with van der Waals surface area (Å²) < 4.78 is 0. The lowest BCUT2D eigenvalue weighted by Crippen LogP contribution is -2.42. The van der Waals surface area contributed by atoms with Gasteiger partial charge in [0.15, 0.2) is 0 Å². The Bertz CT molecular complexity index is 1080. The molecule has 144 valence electrons. The van der Waals surface area contributed by atoms with Gasteiger partial charge in [-0.2, -0.15) is 0 Å². The molecule has 3 aromatic rings. The second kappa shape index (κ2) is 7.59. The SMILES string of the molecule is CN1C(=O)c2ccc(C(=O)NN(Cc3ccccc3)c3ccccc3)cc2C1=O. The van der Waals surface area contributed by atoms with E-state index in [-0.39, 0.29) is 17.4 Å². The van der Waals surface area contributed by atoms with Crippen molar-refractivity contribution in [2.75, 3.05) is 12.1 Å². The van der Waals surface area contributed by atoms with Crippen molar-refractivity contribution in [2.45, 2.75) is 6.54 Å². The summed E-state index contributed by atoms with van der Waals surface area (Å²) >= 11 is 0. The predicted octanol–water partition coefficient (Wildman–Crippen LogP) is 3.26. The van der Waals surface area contributed by atoms with Crippen molar-refractivity contribution < 1.29 is 14.4 Å². The van der Waals surface area contributed by atoms with Gasteiger partial charge in [-0.15, -0.1) is 0 Å². The van der Waals surface area contributed by atoms with Crippen molar-refractivity contribution >= 4 is 23.4 Å². The van der Waals surface area contributed by atoms with Gasteiger partial charge in [0.05, 0.1) is 23.4 Å². The lowest BCUT2D eigenvalue weighted by molar-refractivity contribution is 0.0693. The smallest absolute Gasteiger partial charge is 0.269 e.